The predicted molar refractivity (Wildman–Crippen MR) is 101 cm³/mol. The van der Waals surface area contributed by atoms with Crippen molar-refractivity contribution < 1.29 is 17.9 Å². The van der Waals surface area contributed by atoms with Crippen LogP contribution in [0.2, 0.25) is 5.02 Å². The topological polar surface area (TPSA) is 84.5 Å². The van der Waals surface area contributed by atoms with Gasteiger partial charge in [0.1, 0.15) is 0 Å². The summed E-state index contributed by atoms with van der Waals surface area (Å²) >= 11 is 5.77. The lowest BCUT2D eigenvalue weighted by atomic mass is 10.1. The molecule has 0 atom stereocenters. The molecule has 0 spiro atoms. The number of carbonyl (C=O) groups excluding carboxylic acids is 1. The molecule has 2 rings (SSSR count). The van der Waals surface area contributed by atoms with Crippen LogP contribution in [0, 0.1) is 0 Å². The van der Waals surface area contributed by atoms with Gasteiger partial charge in [0.25, 0.3) is 5.91 Å². The average molecular weight is 397 g/mol. The van der Waals surface area contributed by atoms with E-state index in [0.29, 0.717) is 23.7 Å². The van der Waals surface area contributed by atoms with E-state index < -0.39 is 10.0 Å². The number of hydrogen-bond acceptors (Lipinski definition) is 4. The van der Waals surface area contributed by atoms with Crippen molar-refractivity contribution in [3.05, 3.63) is 64.7 Å². The Morgan fingerprint density at radius 1 is 1.08 bits per heavy atom. The second-order valence-corrected chi connectivity index (χ2v) is 7.78. The van der Waals surface area contributed by atoms with Crippen molar-refractivity contribution in [3.63, 3.8) is 0 Å². The van der Waals surface area contributed by atoms with Crippen LogP contribution in [0.1, 0.15) is 22.3 Å². The minimum Gasteiger partial charge on any atom is -0.385 e. The van der Waals surface area contributed by atoms with Gasteiger partial charge in [-0.3, -0.25) is 4.79 Å². The monoisotopic (exact) mass is 396 g/mol. The van der Waals surface area contributed by atoms with Gasteiger partial charge >= 0.3 is 0 Å². The Hall–Kier alpha value is -1.93. The van der Waals surface area contributed by atoms with Crippen molar-refractivity contribution in [1.29, 1.82) is 0 Å². The Bertz CT molecular complexity index is 821. The summed E-state index contributed by atoms with van der Waals surface area (Å²) in [5.41, 5.74) is 1.27. The van der Waals surface area contributed by atoms with E-state index in [1.165, 1.54) is 24.3 Å². The number of halogens is 1. The first kappa shape index (κ1) is 20.4. The quantitative estimate of drug-likeness (QED) is 0.638. The highest BCUT2D eigenvalue weighted by Gasteiger charge is 2.13. The van der Waals surface area contributed by atoms with E-state index in [1.54, 1.807) is 31.4 Å². The van der Waals surface area contributed by atoms with Gasteiger partial charge in [-0.15, -0.1) is 0 Å². The molecule has 6 nitrogen and oxygen atoms in total. The molecule has 2 aromatic carbocycles. The van der Waals surface area contributed by atoms with Crippen molar-refractivity contribution >= 4 is 27.5 Å². The third-order valence-electron chi connectivity index (χ3n) is 3.62. The fourth-order valence-electron chi connectivity index (χ4n) is 2.17. The second kappa shape index (κ2) is 9.68. The van der Waals surface area contributed by atoms with Crippen LogP contribution in [0.25, 0.3) is 0 Å². The normalized spacial score (nSPS) is 11.3. The van der Waals surface area contributed by atoms with E-state index in [-0.39, 0.29) is 17.3 Å². The Kier molecular flexibility index (Phi) is 7.59. The van der Waals surface area contributed by atoms with Gasteiger partial charge in [0.15, 0.2) is 0 Å². The number of ether oxygens (including phenoxy) is 1. The lowest BCUT2D eigenvalue weighted by molar-refractivity contribution is 0.0948. The minimum atomic E-state index is -3.62. The number of sulfonamides is 1. The van der Waals surface area contributed by atoms with Crippen LogP contribution in [-0.4, -0.2) is 34.6 Å². The van der Waals surface area contributed by atoms with Gasteiger partial charge in [0.05, 0.1) is 4.90 Å². The van der Waals surface area contributed by atoms with Crippen LogP contribution in [0.5, 0.6) is 0 Å². The van der Waals surface area contributed by atoms with Gasteiger partial charge in [0, 0.05) is 37.4 Å². The van der Waals surface area contributed by atoms with Gasteiger partial charge in [-0.25, -0.2) is 13.1 Å². The fraction of sp³-hybridized carbons (Fsp3) is 0.278. The molecular weight excluding hydrogens is 376 g/mol. The van der Waals surface area contributed by atoms with Crippen molar-refractivity contribution in [1.82, 2.24) is 10.0 Å². The van der Waals surface area contributed by atoms with E-state index in [4.69, 9.17) is 16.3 Å². The SMILES string of the molecule is COCCCNC(=O)c1ccc(CNS(=O)(=O)c2ccc(Cl)cc2)cc1. The molecule has 0 aliphatic heterocycles. The first-order valence-corrected chi connectivity index (χ1v) is 9.90. The lowest BCUT2D eigenvalue weighted by Crippen LogP contribution is -2.25. The summed E-state index contributed by atoms with van der Waals surface area (Å²) in [6, 6.07) is 12.7. The average Bonchev–Trinajstić information content (AvgIpc) is 2.64. The van der Waals surface area contributed by atoms with Gasteiger partial charge in [-0.05, 0) is 48.4 Å². The Balaban J connectivity index is 1.90. The van der Waals surface area contributed by atoms with Crippen LogP contribution in [0.3, 0.4) is 0 Å². The number of amides is 1. The molecule has 26 heavy (non-hydrogen) atoms. The summed E-state index contributed by atoms with van der Waals surface area (Å²) in [6.07, 6.45) is 0.743. The highest BCUT2D eigenvalue weighted by Crippen LogP contribution is 2.14. The molecule has 0 aliphatic rings. The molecule has 0 aromatic heterocycles. The number of benzene rings is 2. The number of methoxy groups -OCH3 is 1. The smallest absolute Gasteiger partial charge is 0.251 e. The van der Waals surface area contributed by atoms with Crippen molar-refractivity contribution in [2.75, 3.05) is 20.3 Å². The van der Waals surface area contributed by atoms with E-state index in [2.05, 4.69) is 10.0 Å². The van der Waals surface area contributed by atoms with Crippen LogP contribution in [0.4, 0.5) is 0 Å². The number of hydrogen-bond donors (Lipinski definition) is 2. The van der Waals surface area contributed by atoms with Crippen LogP contribution >= 0.6 is 11.6 Å². The largest absolute Gasteiger partial charge is 0.385 e. The first-order chi connectivity index (χ1) is 12.4. The highest BCUT2D eigenvalue weighted by molar-refractivity contribution is 7.89. The molecule has 0 heterocycles. The van der Waals surface area contributed by atoms with E-state index in [1.807, 2.05) is 0 Å². The summed E-state index contributed by atoms with van der Waals surface area (Å²) in [6.45, 7) is 1.25. The molecule has 0 saturated carbocycles. The Morgan fingerprint density at radius 2 is 1.73 bits per heavy atom. The zero-order chi connectivity index (χ0) is 19.0. The molecule has 0 fully saturated rings. The molecule has 0 bridgehead atoms. The molecule has 1 amide bonds. The first-order valence-electron chi connectivity index (χ1n) is 8.04. The Labute approximate surface area is 158 Å². The molecule has 0 saturated heterocycles. The molecule has 0 radical (unpaired) electrons. The minimum absolute atomic E-state index is 0.126. The molecule has 2 aromatic rings. The Morgan fingerprint density at radius 3 is 2.35 bits per heavy atom. The van der Waals surface area contributed by atoms with Crippen molar-refractivity contribution in [2.45, 2.75) is 17.9 Å². The van der Waals surface area contributed by atoms with E-state index >= 15 is 0 Å². The predicted octanol–water partition coefficient (Wildman–Crippen LogP) is 2.58. The van der Waals surface area contributed by atoms with Crippen LogP contribution in [-0.2, 0) is 21.3 Å². The van der Waals surface area contributed by atoms with E-state index in [9.17, 15) is 13.2 Å². The maximum absolute atomic E-state index is 12.2. The zero-order valence-electron chi connectivity index (χ0n) is 14.4. The number of carbonyl (C=O) groups is 1. The third kappa shape index (κ3) is 6.10. The fourth-order valence-corrected chi connectivity index (χ4v) is 3.31. The molecule has 2 N–H and O–H groups in total. The van der Waals surface area contributed by atoms with Crippen LogP contribution in [0.15, 0.2) is 53.4 Å². The molecule has 140 valence electrons. The molecule has 0 unspecified atom stereocenters. The van der Waals surface area contributed by atoms with E-state index in [0.717, 1.165) is 12.0 Å². The summed E-state index contributed by atoms with van der Waals surface area (Å²) in [4.78, 5) is 12.1. The van der Waals surface area contributed by atoms with Gasteiger partial charge in [-0.1, -0.05) is 23.7 Å². The van der Waals surface area contributed by atoms with Gasteiger partial charge in [-0.2, -0.15) is 0 Å². The summed E-state index contributed by atoms with van der Waals surface area (Å²) < 4.78 is 31.9. The van der Waals surface area contributed by atoms with Crippen molar-refractivity contribution in [3.8, 4) is 0 Å². The standard InChI is InChI=1S/C18H21ClN2O4S/c1-25-12-2-11-20-18(22)15-5-3-14(4-6-15)13-21-26(23,24)17-9-7-16(19)8-10-17/h3-10,21H,2,11-13H2,1H3,(H,20,22). The van der Waals surface area contributed by atoms with Crippen LogP contribution < -0.4 is 10.0 Å². The molecule has 0 aliphatic carbocycles. The summed E-state index contributed by atoms with van der Waals surface area (Å²) in [5.74, 6) is -0.172. The second-order valence-electron chi connectivity index (χ2n) is 5.58. The van der Waals surface area contributed by atoms with Gasteiger partial charge in [0.2, 0.25) is 10.0 Å². The summed E-state index contributed by atoms with van der Waals surface area (Å²) in [7, 11) is -2.01. The highest BCUT2D eigenvalue weighted by atomic mass is 35.5. The maximum Gasteiger partial charge on any atom is 0.251 e. The molecule has 8 heteroatoms. The molecular formula is C18H21ClN2O4S. The van der Waals surface area contributed by atoms with Gasteiger partial charge < -0.3 is 10.1 Å². The third-order valence-corrected chi connectivity index (χ3v) is 5.29. The van der Waals surface area contributed by atoms with Crippen molar-refractivity contribution in [2.24, 2.45) is 0 Å². The maximum atomic E-state index is 12.2. The zero-order valence-corrected chi connectivity index (χ0v) is 15.9. The number of rotatable bonds is 9. The lowest BCUT2D eigenvalue weighted by Gasteiger charge is -2.08. The number of nitrogens with one attached hydrogen (secondary N) is 2. The summed E-state index contributed by atoms with van der Waals surface area (Å²) in [5, 5.41) is 3.27.